The SMILES string of the molecule is CSCCCCCCNC(=NCC(=O)N(C)C)NCCN1CCOCC1.I. The van der Waals surface area contributed by atoms with E-state index in [0.717, 1.165) is 58.3 Å². The van der Waals surface area contributed by atoms with E-state index >= 15 is 0 Å². The molecule has 7 nitrogen and oxygen atoms in total. The molecule has 9 heteroatoms. The van der Waals surface area contributed by atoms with Crippen molar-refractivity contribution < 1.29 is 9.53 Å². The van der Waals surface area contributed by atoms with Crippen molar-refractivity contribution >= 4 is 47.6 Å². The number of amides is 1. The monoisotopic (exact) mass is 515 g/mol. The summed E-state index contributed by atoms with van der Waals surface area (Å²) < 4.78 is 5.37. The van der Waals surface area contributed by atoms with Gasteiger partial charge >= 0.3 is 0 Å². The number of ether oxygens (including phenoxy) is 1. The van der Waals surface area contributed by atoms with Crippen LogP contribution in [-0.2, 0) is 9.53 Å². The van der Waals surface area contributed by atoms with Gasteiger partial charge in [0.25, 0.3) is 0 Å². The van der Waals surface area contributed by atoms with Gasteiger partial charge in [-0.2, -0.15) is 11.8 Å². The van der Waals surface area contributed by atoms with E-state index in [4.69, 9.17) is 4.74 Å². The molecule has 0 atom stereocenters. The van der Waals surface area contributed by atoms with Crippen molar-refractivity contribution in [1.82, 2.24) is 20.4 Å². The van der Waals surface area contributed by atoms with Crippen molar-refractivity contribution in [2.75, 3.05) is 78.6 Å². The molecule has 1 heterocycles. The Morgan fingerprint density at radius 3 is 2.44 bits per heavy atom. The maximum atomic E-state index is 11.8. The first-order valence-corrected chi connectivity index (χ1v) is 11.0. The summed E-state index contributed by atoms with van der Waals surface area (Å²) in [5.74, 6) is 1.99. The van der Waals surface area contributed by atoms with Gasteiger partial charge in [0, 0.05) is 46.8 Å². The quantitative estimate of drug-likeness (QED) is 0.178. The van der Waals surface area contributed by atoms with Crippen LogP contribution in [0.15, 0.2) is 4.99 Å². The van der Waals surface area contributed by atoms with Crippen LogP contribution in [-0.4, -0.2) is 100 Å². The number of hydrogen-bond acceptors (Lipinski definition) is 5. The molecule has 0 unspecified atom stereocenters. The second-order valence-corrected chi connectivity index (χ2v) is 7.65. The summed E-state index contributed by atoms with van der Waals surface area (Å²) in [7, 11) is 3.51. The van der Waals surface area contributed by atoms with Gasteiger partial charge in [0.15, 0.2) is 5.96 Å². The maximum Gasteiger partial charge on any atom is 0.243 e. The standard InChI is InChI=1S/C18H37N5O2S.HI/c1-22(2)17(24)16-21-18(19-8-6-4-5-7-15-26-3)20-9-10-23-11-13-25-14-12-23;/h4-16H2,1-3H3,(H2,19,20,21);1H. The Morgan fingerprint density at radius 2 is 1.78 bits per heavy atom. The van der Waals surface area contributed by atoms with Crippen molar-refractivity contribution in [3.63, 3.8) is 0 Å². The molecule has 0 aromatic rings. The third kappa shape index (κ3) is 14.4. The molecule has 0 bridgehead atoms. The van der Waals surface area contributed by atoms with E-state index in [1.54, 1.807) is 19.0 Å². The zero-order valence-corrected chi connectivity index (χ0v) is 20.3. The van der Waals surface area contributed by atoms with Crippen molar-refractivity contribution in [3.05, 3.63) is 0 Å². The van der Waals surface area contributed by atoms with Gasteiger partial charge in [0.1, 0.15) is 6.54 Å². The summed E-state index contributed by atoms with van der Waals surface area (Å²) in [6.07, 6.45) is 7.07. The number of hydrogen-bond donors (Lipinski definition) is 2. The molecule has 27 heavy (non-hydrogen) atoms. The largest absolute Gasteiger partial charge is 0.379 e. The number of morpholine rings is 1. The minimum atomic E-state index is 0. The molecule has 0 aromatic carbocycles. The molecule has 0 aliphatic carbocycles. The van der Waals surface area contributed by atoms with Crippen molar-refractivity contribution in [2.45, 2.75) is 25.7 Å². The molecule has 1 aliphatic heterocycles. The highest BCUT2D eigenvalue weighted by Crippen LogP contribution is 2.03. The van der Waals surface area contributed by atoms with E-state index in [-0.39, 0.29) is 36.4 Å². The van der Waals surface area contributed by atoms with E-state index < -0.39 is 0 Å². The topological polar surface area (TPSA) is 69.2 Å². The predicted octanol–water partition coefficient (Wildman–Crippen LogP) is 1.48. The lowest BCUT2D eigenvalue weighted by Gasteiger charge is -2.26. The molecular formula is C18H38IN5O2S. The van der Waals surface area contributed by atoms with Crippen LogP contribution in [0.3, 0.4) is 0 Å². The van der Waals surface area contributed by atoms with Gasteiger partial charge in [-0.3, -0.25) is 9.69 Å². The minimum Gasteiger partial charge on any atom is -0.379 e. The second kappa shape index (κ2) is 17.8. The van der Waals surface area contributed by atoms with E-state index in [1.165, 1.54) is 25.0 Å². The average molecular weight is 516 g/mol. The Labute approximate surface area is 186 Å². The Balaban J connectivity index is 0.00000676. The minimum absolute atomic E-state index is 0. The summed E-state index contributed by atoms with van der Waals surface area (Å²) in [5.41, 5.74) is 0. The molecule has 2 N–H and O–H groups in total. The smallest absolute Gasteiger partial charge is 0.243 e. The zero-order chi connectivity index (χ0) is 19.0. The molecule has 1 saturated heterocycles. The van der Waals surface area contributed by atoms with Gasteiger partial charge in [-0.1, -0.05) is 12.8 Å². The average Bonchev–Trinajstić information content (AvgIpc) is 2.65. The second-order valence-electron chi connectivity index (χ2n) is 6.67. The number of nitrogens with one attached hydrogen (secondary N) is 2. The predicted molar refractivity (Wildman–Crippen MR) is 127 cm³/mol. The number of carbonyl (C=O) groups is 1. The number of carbonyl (C=O) groups excluding carboxylic acids is 1. The Kier molecular flexibility index (Phi) is 17.6. The third-order valence-corrected chi connectivity index (χ3v) is 4.96. The Hall–Kier alpha value is -0.260. The maximum absolute atomic E-state index is 11.8. The number of aliphatic imine (C=N–C) groups is 1. The highest BCUT2D eigenvalue weighted by atomic mass is 127. The summed E-state index contributed by atoms with van der Waals surface area (Å²) in [6.45, 7) is 6.43. The number of guanidine groups is 1. The highest BCUT2D eigenvalue weighted by Gasteiger charge is 2.10. The molecule has 0 saturated carbocycles. The normalized spacial score (nSPS) is 15.1. The van der Waals surface area contributed by atoms with Gasteiger partial charge in [0.05, 0.1) is 13.2 Å². The summed E-state index contributed by atoms with van der Waals surface area (Å²) >= 11 is 1.91. The van der Waals surface area contributed by atoms with E-state index in [2.05, 4.69) is 26.8 Å². The van der Waals surface area contributed by atoms with E-state index in [0.29, 0.717) is 0 Å². The molecule has 0 radical (unpaired) electrons. The van der Waals surface area contributed by atoms with Crippen LogP contribution < -0.4 is 10.6 Å². The zero-order valence-electron chi connectivity index (χ0n) is 17.2. The number of likely N-dealkylation sites (N-methyl/N-ethyl adjacent to an activating group) is 1. The first-order chi connectivity index (χ1) is 12.6. The van der Waals surface area contributed by atoms with Crippen LogP contribution in [0.4, 0.5) is 0 Å². The summed E-state index contributed by atoms with van der Waals surface area (Å²) in [4.78, 5) is 20.2. The first kappa shape index (κ1) is 26.7. The van der Waals surface area contributed by atoms with Crippen LogP contribution >= 0.6 is 35.7 Å². The van der Waals surface area contributed by atoms with Crippen LogP contribution in [0.25, 0.3) is 0 Å². The van der Waals surface area contributed by atoms with Crippen LogP contribution in [0.1, 0.15) is 25.7 Å². The highest BCUT2D eigenvalue weighted by molar-refractivity contribution is 14.0. The summed E-state index contributed by atoms with van der Waals surface area (Å²) in [5, 5.41) is 6.72. The third-order valence-electron chi connectivity index (χ3n) is 4.26. The number of thioether (sulfide) groups is 1. The van der Waals surface area contributed by atoms with Crippen LogP contribution in [0.2, 0.25) is 0 Å². The molecule has 1 aliphatic rings. The fourth-order valence-corrected chi connectivity index (χ4v) is 3.04. The molecule has 1 amide bonds. The van der Waals surface area contributed by atoms with Gasteiger partial charge in [-0.25, -0.2) is 4.99 Å². The lowest BCUT2D eigenvalue weighted by Crippen LogP contribution is -2.45. The van der Waals surface area contributed by atoms with E-state index in [1.807, 2.05) is 11.8 Å². The fraction of sp³-hybridized carbons (Fsp3) is 0.889. The Bertz CT molecular complexity index is 407. The van der Waals surface area contributed by atoms with Gasteiger partial charge in [-0.05, 0) is 24.9 Å². The molecular weight excluding hydrogens is 477 g/mol. The van der Waals surface area contributed by atoms with E-state index in [9.17, 15) is 4.79 Å². The Morgan fingerprint density at radius 1 is 1.11 bits per heavy atom. The van der Waals surface area contributed by atoms with Gasteiger partial charge in [-0.15, -0.1) is 24.0 Å². The lowest BCUT2D eigenvalue weighted by molar-refractivity contribution is -0.127. The number of halogens is 1. The van der Waals surface area contributed by atoms with Crippen molar-refractivity contribution in [2.24, 2.45) is 4.99 Å². The van der Waals surface area contributed by atoms with Gasteiger partial charge in [0.2, 0.25) is 5.91 Å². The van der Waals surface area contributed by atoms with Crippen molar-refractivity contribution in [3.8, 4) is 0 Å². The number of rotatable bonds is 12. The lowest BCUT2D eigenvalue weighted by atomic mass is 10.2. The molecule has 160 valence electrons. The van der Waals surface area contributed by atoms with Gasteiger partial charge < -0.3 is 20.3 Å². The molecule has 0 aromatic heterocycles. The number of nitrogens with zero attached hydrogens (tertiary/aromatic N) is 3. The van der Waals surface area contributed by atoms with Crippen LogP contribution in [0.5, 0.6) is 0 Å². The van der Waals surface area contributed by atoms with Crippen molar-refractivity contribution in [1.29, 1.82) is 0 Å². The molecule has 1 rings (SSSR count). The summed E-state index contributed by atoms with van der Waals surface area (Å²) in [6, 6.07) is 0. The fourth-order valence-electron chi connectivity index (χ4n) is 2.55. The molecule has 1 fully saturated rings. The van der Waals surface area contributed by atoms with Crippen LogP contribution in [0, 0.1) is 0 Å². The first-order valence-electron chi connectivity index (χ1n) is 9.65. The molecule has 0 spiro atoms. The number of unbranched alkanes of at least 4 members (excludes halogenated alkanes) is 3.